The highest BCUT2D eigenvalue weighted by Gasteiger charge is 2.32. The number of hydrogen-bond donors (Lipinski definition) is 1. The second-order valence-electron chi connectivity index (χ2n) is 4.70. The lowest BCUT2D eigenvalue weighted by molar-refractivity contribution is -0.130. The van der Waals surface area contributed by atoms with Crippen LogP contribution in [0.2, 0.25) is 0 Å². The average molecular weight is 270 g/mol. The van der Waals surface area contributed by atoms with Crippen molar-refractivity contribution in [1.82, 2.24) is 5.01 Å². The number of nitrogens with zero attached hydrogens (tertiary/aromatic N) is 2. The van der Waals surface area contributed by atoms with Gasteiger partial charge in [0.1, 0.15) is 17.2 Å². The molecule has 2 heterocycles. The minimum Gasteiger partial charge on any atom is -0.508 e. The van der Waals surface area contributed by atoms with Crippen LogP contribution in [0.15, 0.2) is 52.2 Å². The van der Waals surface area contributed by atoms with Crippen LogP contribution in [0.3, 0.4) is 0 Å². The Morgan fingerprint density at radius 2 is 2.25 bits per heavy atom. The van der Waals surface area contributed by atoms with Crippen molar-refractivity contribution in [3.63, 3.8) is 0 Å². The number of phenols is 1. The minimum atomic E-state index is -0.209. The Labute approximate surface area is 116 Å². The highest BCUT2D eigenvalue weighted by molar-refractivity contribution is 6.00. The van der Waals surface area contributed by atoms with E-state index in [1.54, 1.807) is 30.5 Å². The molecule has 2 aromatic rings. The van der Waals surface area contributed by atoms with Gasteiger partial charge in [-0.3, -0.25) is 4.79 Å². The molecule has 5 nitrogen and oxygen atoms in total. The summed E-state index contributed by atoms with van der Waals surface area (Å²) in [5.74, 6) is 0.705. The molecule has 0 bridgehead atoms. The van der Waals surface area contributed by atoms with Crippen LogP contribution >= 0.6 is 0 Å². The van der Waals surface area contributed by atoms with E-state index in [-0.39, 0.29) is 17.7 Å². The summed E-state index contributed by atoms with van der Waals surface area (Å²) in [6, 6.07) is 10.3. The van der Waals surface area contributed by atoms with Crippen molar-refractivity contribution in [3.05, 3.63) is 54.0 Å². The Morgan fingerprint density at radius 3 is 2.90 bits per heavy atom. The zero-order chi connectivity index (χ0) is 14.1. The predicted octanol–water partition coefficient (Wildman–Crippen LogP) is 2.68. The van der Waals surface area contributed by atoms with Gasteiger partial charge in [-0.05, 0) is 29.8 Å². The molecule has 102 valence electrons. The smallest absolute Gasteiger partial charge is 0.240 e. The van der Waals surface area contributed by atoms with E-state index in [4.69, 9.17) is 4.42 Å². The van der Waals surface area contributed by atoms with E-state index < -0.39 is 0 Å². The van der Waals surface area contributed by atoms with Crippen LogP contribution in [0.25, 0.3) is 0 Å². The first-order chi connectivity index (χ1) is 9.65. The number of carbonyl (C=O) groups excluding carboxylic acids is 1. The first-order valence-corrected chi connectivity index (χ1v) is 6.35. The maximum atomic E-state index is 11.8. The van der Waals surface area contributed by atoms with Crippen LogP contribution in [-0.4, -0.2) is 21.7 Å². The average Bonchev–Trinajstić information content (AvgIpc) is 3.08. The van der Waals surface area contributed by atoms with Gasteiger partial charge in [-0.25, -0.2) is 5.01 Å². The molecule has 0 fully saturated rings. The van der Waals surface area contributed by atoms with Crippen LogP contribution < -0.4 is 0 Å². The van der Waals surface area contributed by atoms with Crippen LogP contribution in [0.4, 0.5) is 0 Å². The third-order valence-corrected chi connectivity index (χ3v) is 3.29. The quantitative estimate of drug-likeness (QED) is 0.912. The first kappa shape index (κ1) is 12.5. The predicted molar refractivity (Wildman–Crippen MR) is 73.2 cm³/mol. The number of benzene rings is 1. The summed E-state index contributed by atoms with van der Waals surface area (Å²) in [6.07, 6.45) is 2.15. The molecule has 1 aliphatic rings. The van der Waals surface area contributed by atoms with Gasteiger partial charge in [0.05, 0.1) is 12.3 Å². The molecule has 1 amide bonds. The van der Waals surface area contributed by atoms with Gasteiger partial charge in [0.2, 0.25) is 5.91 Å². The Morgan fingerprint density at radius 1 is 1.40 bits per heavy atom. The van der Waals surface area contributed by atoms with Crippen molar-refractivity contribution in [2.24, 2.45) is 5.10 Å². The van der Waals surface area contributed by atoms with Crippen molar-refractivity contribution >= 4 is 11.6 Å². The number of rotatable bonds is 2. The van der Waals surface area contributed by atoms with Crippen LogP contribution in [-0.2, 0) is 4.79 Å². The number of carbonyl (C=O) groups is 1. The van der Waals surface area contributed by atoms with Gasteiger partial charge in [-0.15, -0.1) is 0 Å². The van der Waals surface area contributed by atoms with Crippen molar-refractivity contribution in [2.45, 2.75) is 19.4 Å². The normalized spacial score (nSPS) is 18.1. The van der Waals surface area contributed by atoms with Crippen LogP contribution in [0.5, 0.6) is 5.75 Å². The Bertz CT molecular complexity index is 662. The molecular weight excluding hydrogens is 256 g/mol. The SMILES string of the molecule is CC(=O)N1N=C(c2ccco2)CC1c1cccc(O)c1. The fourth-order valence-electron chi connectivity index (χ4n) is 2.38. The number of amides is 1. The lowest BCUT2D eigenvalue weighted by atomic mass is 10.0. The van der Waals surface area contributed by atoms with Gasteiger partial charge in [0.15, 0.2) is 0 Å². The largest absolute Gasteiger partial charge is 0.508 e. The van der Waals surface area contributed by atoms with Gasteiger partial charge >= 0.3 is 0 Å². The van der Waals surface area contributed by atoms with E-state index in [1.165, 1.54) is 11.9 Å². The lowest BCUT2D eigenvalue weighted by Crippen LogP contribution is -2.24. The molecule has 1 N–H and O–H groups in total. The molecule has 1 aromatic carbocycles. The Balaban J connectivity index is 1.95. The summed E-state index contributed by atoms with van der Waals surface area (Å²) >= 11 is 0. The summed E-state index contributed by atoms with van der Waals surface area (Å²) in [7, 11) is 0. The third-order valence-electron chi connectivity index (χ3n) is 3.29. The third kappa shape index (κ3) is 2.18. The molecule has 1 unspecified atom stereocenters. The molecule has 0 spiro atoms. The summed E-state index contributed by atoms with van der Waals surface area (Å²) in [5, 5.41) is 15.4. The van der Waals surface area contributed by atoms with E-state index in [0.29, 0.717) is 12.2 Å². The molecular formula is C15H14N2O3. The summed E-state index contributed by atoms with van der Waals surface area (Å²) < 4.78 is 5.34. The standard InChI is InChI=1S/C15H14N2O3/c1-10(18)17-14(11-4-2-5-12(19)8-11)9-13(16-17)15-6-3-7-20-15/h2-8,14,19H,9H2,1H3. The summed E-state index contributed by atoms with van der Waals surface area (Å²) in [5.41, 5.74) is 1.59. The molecule has 1 aromatic heterocycles. The zero-order valence-electron chi connectivity index (χ0n) is 11.0. The van der Waals surface area contributed by atoms with Crippen molar-refractivity contribution < 1.29 is 14.3 Å². The van der Waals surface area contributed by atoms with E-state index >= 15 is 0 Å². The molecule has 0 saturated carbocycles. The molecule has 5 heteroatoms. The van der Waals surface area contributed by atoms with Crippen molar-refractivity contribution in [3.8, 4) is 5.75 Å². The zero-order valence-corrected chi connectivity index (χ0v) is 11.0. The van der Waals surface area contributed by atoms with Gasteiger partial charge in [0, 0.05) is 13.3 Å². The fraction of sp³-hybridized carbons (Fsp3) is 0.200. The topological polar surface area (TPSA) is 66.0 Å². The molecule has 1 aliphatic heterocycles. The van der Waals surface area contributed by atoms with Gasteiger partial charge in [-0.1, -0.05) is 12.1 Å². The number of hydrazone groups is 1. The molecule has 0 aliphatic carbocycles. The van der Waals surface area contributed by atoms with Gasteiger partial charge in [-0.2, -0.15) is 5.10 Å². The minimum absolute atomic E-state index is 0.139. The maximum absolute atomic E-state index is 11.8. The monoisotopic (exact) mass is 270 g/mol. The molecule has 3 rings (SSSR count). The number of hydrogen-bond acceptors (Lipinski definition) is 4. The number of phenolic OH excluding ortho intramolecular Hbond substituents is 1. The highest BCUT2D eigenvalue weighted by Crippen LogP contribution is 2.33. The van der Waals surface area contributed by atoms with Crippen molar-refractivity contribution in [2.75, 3.05) is 0 Å². The van der Waals surface area contributed by atoms with Gasteiger partial charge < -0.3 is 9.52 Å². The number of furan rings is 1. The summed E-state index contributed by atoms with van der Waals surface area (Å²) in [4.78, 5) is 11.8. The highest BCUT2D eigenvalue weighted by atomic mass is 16.3. The van der Waals surface area contributed by atoms with Crippen LogP contribution in [0.1, 0.15) is 30.7 Å². The number of aromatic hydroxyl groups is 1. The maximum Gasteiger partial charge on any atom is 0.240 e. The second kappa shape index (κ2) is 4.85. The first-order valence-electron chi connectivity index (χ1n) is 6.35. The summed E-state index contributed by atoms with van der Waals surface area (Å²) in [6.45, 7) is 1.48. The lowest BCUT2D eigenvalue weighted by Gasteiger charge is -2.20. The Kier molecular flexibility index (Phi) is 3.02. The van der Waals surface area contributed by atoms with E-state index in [2.05, 4.69) is 5.10 Å². The molecule has 0 radical (unpaired) electrons. The van der Waals surface area contributed by atoms with E-state index in [0.717, 1.165) is 11.3 Å². The molecule has 0 saturated heterocycles. The van der Waals surface area contributed by atoms with E-state index in [9.17, 15) is 9.90 Å². The fourth-order valence-corrected chi connectivity index (χ4v) is 2.38. The Hall–Kier alpha value is -2.56. The van der Waals surface area contributed by atoms with Crippen molar-refractivity contribution in [1.29, 1.82) is 0 Å². The second-order valence-corrected chi connectivity index (χ2v) is 4.70. The van der Waals surface area contributed by atoms with Crippen LogP contribution in [0, 0.1) is 0 Å². The molecule has 1 atom stereocenters. The van der Waals surface area contributed by atoms with Gasteiger partial charge in [0.25, 0.3) is 0 Å². The van der Waals surface area contributed by atoms with E-state index in [1.807, 2.05) is 12.1 Å². The molecule has 20 heavy (non-hydrogen) atoms.